The van der Waals surface area contributed by atoms with Crippen LogP contribution in [-0.2, 0) is 10.8 Å². The van der Waals surface area contributed by atoms with Crippen LogP contribution in [0.2, 0.25) is 0 Å². The lowest BCUT2D eigenvalue weighted by molar-refractivity contribution is 0.669. The van der Waals surface area contributed by atoms with Gasteiger partial charge in [0.1, 0.15) is 0 Å². The maximum atomic E-state index is 11.5. The Morgan fingerprint density at radius 1 is 1.54 bits per heavy atom. The third-order valence-electron chi connectivity index (χ3n) is 1.63. The van der Waals surface area contributed by atoms with E-state index >= 15 is 0 Å². The van der Waals surface area contributed by atoms with Crippen LogP contribution < -0.4 is 5.73 Å². The molecule has 6 heteroatoms. The standard InChI is InChI=1S/C7H14N4OS/c1-2-3-4-5-13(12)7-9-6(8)10-11-7/h2-5H2,1H3,(H3,8,9,10,11). The van der Waals surface area contributed by atoms with E-state index in [2.05, 4.69) is 22.1 Å². The van der Waals surface area contributed by atoms with E-state index in [4.69, 9.17) is 5.73 Å². The van der Waals surface area contributed by atoms with Gasteiger partial charge in [-0.3, -0.25) is 9.31 Å². The van der Waals surface area contributed by atoms with Gasteiger partial charge < -0.3 is 5.73 Å². The van der Waals surface area contributed by atoms with E-state index in [1.807, 2.05) is 0 Å². The molecule has 1 rings (SSSR count). The summed E-state index contributed by atoms with van der Waals surface area (Å²) < 4.78 is 11.5. The molecule has 1 atom stereocenters. The molecule has 0 spiro atoms. The van der Waals surface area contributed by atoms with Crippen LogP contribution in [0.1, 0.15) is 26.2 Å². The van der Waals surface area contributed by atoms with Crippen LogP contribution in [0.4, 0.5) is 5.95 Å². The van der Waals surface area contributed by atoms with Crippen LogP contribution >= 0.6 is 0 Å². The Bertz CT molecular complexity index is 286. The van der Waals surface area contributed by atoms with Crippen molar-refractivity contribution in [3.63, 3.8) is 0 Å². The summed E-state index contributed by atoms with van der Waals surface area (Å²) in [5, 5.41) is 6.54. The zero-order valence-electron chi connectivity index (χ0n) is 7.62. The quantitative estimate of drug-likeness (QED) is 0.688. The summed E-state index contributed by atoms with van der Waals surface area (Å²) in [5.74, 6) is 0.779. The van der Waals surface area contributed by atoms with Crippen molar-refractivity contribution in [1.29, 1.82) is 0 Å². The minimum atomic E-state index is -1.07. The molecular formula is C7H14N4OS. The number of anilines is 1. The molecule has 13 heavy (non-hydrogen) atoms. The van der Waals surface area contributed by atoms with Gasteiger partial charge >= 0.3 is 0 Å². The van der Waals surface area contributed by atoms with E-state index in [1.54, 1.807) is 0 Å². The number of hydrogen-bond donors (Lipinski definition) is 2. The van der Waals surface area contributed by atoms with Crippen molar-refractivity contribution in [2.75, 3.05) is 11.5 Å². The van der Waals surface area contributed by atoms with E-state index in [0.29, 0.717) is 10.9 Å². The van der Waals surface area contributed by atoms with Crippen LogP contribution in [0.5, 0.6) is 0 Å². The van der Waals surface area contributed by atoms with Gasteiger partial charge in [0, 0.05) is 5.75 Å². The number of nitrogens with one attached hydrogen (secondary N) is 1. The molecule has 0 radical (unpaired) electrons. The largest absolute Gasteiger partial charge is 0.366 e. The molecule has 1 aromatic rings. The highest BCUT2D eigenvalue weighted by Crippen LogP contribution is 2.04. The molecule has 0 amide bonds. The highest BCUT2D eigenvalue weighted by Gasteiger charge is 2.07. The van der Waals surface area contributed by atoms with Gasteiger partial charge in [0.15, 0.2) is 0 Å². The molecule has 0 saturated heterocycles. The number of aromatic nitrogens is 3. The number of nitrogens with zero attached hydrogens (tertiary/aromatic N) is 2. The smallest absolute Gasteiger partial charge is 0.240 e. The van der Waals surface area contributed by atoms with Crippen LogP contribution in [-0.4, -0.2) is 25.1 Å². The predicted molar refractivity (Wildman–Crippen MR) is 51.6 cm³/mol. The number of H-pyrrole nitrogens is 1. The molecule has 1 unspecified atom stereocenters. The molecule has 0 aliphatic carbocycles. The van der Waals surface area contributed by atoms with Crippen molar-refractivity contribution < 1.29 is 4.21 Å². The second kappa shape index (κ2) is 4.96. The fourth-order valence-corrected chi connectivity index (χ4v) is 1.94. The first-order chi connectivity index (χ1) is 6.24. The average molecular weight is 202 g/mol. The Balaban J connectivity index is 2.40. The van der Waals surface area contributed by atoms with Crippen molar-refractivity contribution in [2.45, 2.75) is 31.3 Å². The summed E-state index contributed by atoms with van der Waals surface area (Å²) in [6.45, 7) is 2.11. The lowest BCUT2D eigenvalue weighted by Gasteiger charge is -1.95. The number of unbranched alkanes of at least 4 members (excludes halogenated alkanes) is 2. The highest BCUT2D eigenvalue weighted by atomic mass is 32.2. The first-order valence-corrected chi connectivity index (χ1v) is 5.62. The molecule has 1 heterocycles. The van der Waals surface area contributed by atoms with Gasteiger partial charge in [-0.05, 0) is 6.42 Å². The summed E-state index contributed by atoms with van der Waals surface area (Å²) in [6.07, 6.45) is 3.16. The van der Waals surface area contributed by atoms with Gasteiger partial charge in [0.25, 0.3) is 0 Å². The van der Waals surface area contributed by atoms with Gasteiger partial charge in [0.2, 0.25) is 11.1 Å². The lowest BCUT2D eigenvalue weighted by Crippen LogP contribution is -2.00. The topological polar surface area (TPSA) is 84.7 Å². The summed E-state index contributed by atoms with van der Waals surface area (Å²) in [4.78, 5) is 3.80. The van der Waals surface area contributed by atoms with E-state index < -0.39 is 10.8 Å². The minimum Gasteiger partial charge on any atom is -0.366 e. The molecule has 0 aliphatic rings. The fourth-order valence-electron chi connectivity index (χ4n) is 0.941. The summed E-state index contributed by atoms with van der Waals surface area (Å²) in [5.41, 5.74) is 5.28. The third-order valence-corrected chi connectivity index (χ3v) is 2.90. The molecule has 74 valence electrons. The normalized spacial score (nSPS) is 13.0. The third kappa shape index (κ3) is 3.14. The zero-order chi connectivity index (χ0) is 9.68. The second-order valence-corrected chi connectivity index (χ2v) is 4.24. The summed E-state index contributed by atoms with van der Waals surface area (Å²) in [6, 6.07) is 0. The molecule has 0 aliphatic heterocycles. The first-order valence-electron chi connectivity index (χ1n) is 4.30. The van der Waals surface area contributed by atoms with Gasteiger partial charge in [-0.2, -0.15) is 4.98 Å². The van der Waals surface area contributed by atoms with Gasteiger partial charge in [0.05, 0.1) is 10.8 Å². The lowest BCUT2D eigenvalue weighted by atomic mass is 10.3. The molecule has 5 nitrogen and oxygen atoms in total. The molecule has 0 aromatic carbocycles. The minimum absolute atomic E-state index is 0.152. The number of nitrogens with two attached hydrogens (primary N) is 1. The fraction of sp³-hybridized carbons (Fsp3) is 0.714. The first kappa shape index (κ1) is 10.2. The van der Waals surface area contributed by atoms with E-state index in [0.717, 1.165) is 19.3 Å². The Morgan fingerprint density at radius 3 is 2.85 bits per heavy atom. The summed E-state index contributed by atoms with van der Waals surface area (Å²) in [7, 11) is -1.07. The molecule has 1 aromatic heterocycles. The van der Waals surface area contributed by atoms with Crippen molar-refractivity contribution in [3.05, 3.63) is 0 Å². The van der Waals surface area contributed by atoms with Gasteiger partial charge in [-0.15, -0.1) is 5.10 Å². The maximum Gasteiger partial charge on any atom is 0.240 e. The highest BCUT2D eigenvalue weighted by molar-refractivity contribution is 7.84. The Labute approximate surface area is 79.6 Å². The second-order valence-electron chi connectivity index (χ2n) is 2.76. The monoisotopic (exact) mass is 202 g/mol. The van der Waals surface area contributed by atoms with Crippen LogP contribution in [0.15, 0.2) is 5.16 Å². The van der Waals surface area contributed by atoms with Gasteiger partial charge in [-0.1, -0.05) is 19.8 Å². The number of aromatic amines is 1. The van der Waals surface area contributed by atoms with Crippen LogP contribution in [0, 0.1) is 0 Å². The number of rotatable bonds is 5. The Hall–Kier alpha value is -0.910. The molecular weight excluding hydrogens is 188 g/mol. The molecule has 0 bridgehead atoms. The van der Waals surface area contributed by atoms with Crippen molar-refractivity contribution >= 4 is 16.7 Å². The molecule has 0 fully saturated rings. The van der Waals surface area contributed by atoms with Crippen molar-refractivity contribution in [3.8, 4) is 0 Å². The summed E-state index contributed by atoms with van der Waals surface area (Å²) >= 11 is 0. The van der Waals surface area contributed by atoms with Crippen molar-refractivity contribution in [1.82, 2.24) is 15.2 Å². The van der Waals surface area contributed by atoms with E-state index in [-0.39, 0.29) is 5.95 Å². The average Bonchev–Trinajstić information content (AvgIpc) is 2.52. The Morgan fingerprint density at radius 2 is 2.31 bits per heavy atom. The number of nitrogen functional groups attached to an aromatic ring is 1. The maximum absolute atomic E-state index is 11.5. The van der Waals surface area contributed by atoms with Crippen LogP contribution in [0.25, 0.3) is 0 Å². The SMILES string of the molecule is CCCCCS(=O)c1nc(N)n[nH]1. The van der Waals surface area contributed by atoms with Gasteiger partial charge in [-0.25, -0.2) is 0 Å². The number of hydrogen-bond acceptors (Lipinski definition) is 4. The molecule has 3 N–H and O–H groups in total. The van der Waals surface area contributed by atoms with Crippen LogP contribution in [0.3, 0.4) is 0 Å². The Kier molecular flexibility index (Phi) is 3.88. The predicted octanol–water partition coefficient (Wildman–Crippen LogP) is 0.685. The van der Waals surface area contributed by atoms with E-state index in [9.17, 15) is 4.21 Å². The van der Waals surface area contributed by atoms with Crippen molar-refractivity contribution in [2.24, 2.45) is 0 Å². The zero-order valence-corrected chi connectivity index (χ0v) is 8.43. The molecule has 0 saturated carbocycles. The van der Waals surface area contributed by atoms with E-state index in [1.165, 1.54) is 0 Å².